The number of anilines is 1. The van der Waals surface area contributed by atoms with Crippen molar-refractivity contribution in [2.45, 2.75) is 18.9 Å². The van der Waals surface area contributed by atoms with Crippen LogP contribution in [0.15, 0.2) is 18.2 Å². The minimum atomic E-state index is -0.0828. The Bertz CT molecular complexity index is 457. The van der Waals surface area contributed by atoms with Crippen LogP contribution in [0, 0.1) is 0 Å². The molecule has 0 spiro atoms. The maximum atomic E-state index is 12.0. The number of carbonyl (C=O) groups is 1. The average molecular weight is 283 g/mol. The van der Waals surface area contributed by atoms with Gasteiger partial charge in [0.15, 0.2) is 0 Å². The largest absolute Gasteiger partial charge is 0.382 e. The van der Waals surface area contributed by atoms with Crippen LogP contribution in [0.2, 0.25) is 5.02 Å². The van der Waals surface area contributed by atoms with Gasteiger partial charge in [-0.05, 0) is 31.0 Å². The maximum absolute atomic E-state index is 12.0. The van der Waals surface area contributed by atoms with E-state index in [2.05, 4.69) is 5.32 Å². The van der Waals surface area contributed by atoms with Gasteiger partial charge < -0.3 is 15.0 Å². The van der Waals surface area contributed by atoms with Gasteiger partial charge in [-0.25, -0.2) is 0 Å². The van der Waals surface area contributed by atoms with Crippen LogP contribution in [0.25, 0.3) is 0 Å². The molecule has 1 aromatic carbocycles. The molecule has 0 radical (unpaired) electrons. The molecule has 1 heterocycles. The van der Waals surface area contributed by atoms with Crippen molar-refractivity contribution < 1.29 is 9.53 Å². The number of rotatable bonds is 3. The first-order valence-electron chi connectivity index (χ1n) is 6.43. The highest BCUT2D eigenvalue weighted by atomic mass is 35.5. The van der Waals surface area contributed by atoms with Crippen molar-refractivity contribution in [1.29, 1.82) is 0 Å². The average Bonchev–Trinajstić information content (AvgIpc) is 2.41. The van der Waals surface area contributed by atoms with E-state index in [1.165, 1.54) is 4.90 Å². The van der Waals surface area contributed by atoms with Gasteiger partial charge in [-0.2, -0.15) is 0 Å². The summed E-state index contributed by atoms with van der Waals surface area (Å²) in [6.45, 7) is 1.57. The van der Waals surface area contributed by atoms with E-state index in [-0.39, 0.29) is 5.91 Å². The Kier molecular flexibility index (Phi) is 4.66. The maximum Gasteiger partial charge on any atom is 0.254 e. The summed E-state index contributed by atoms with van der Waals surface area (Å²) >= 11 is 6.08. The summed E-state index contributed by atoms with van der Waals surface area (Å²) in [6, 6.07) is 5.89. The number of nitrogens with zero attached hydrogens (tertiary/aromatic N) is 1. The van der Waals surface area contributed by atoms with Gasteiger partial charge in [0.25, 0.3) is 5.91 Å². The van der Waals surface area contributed by atoms with Crippen LogP contribution in [0.4, 0.5) is 5.69 Å². The molecular formula is C14H19ClN2O2. The number of carbonyl (C=O) groups excluding carboxylic acids is 1. The molecule has 1 N–H and O–H groups in total. The van der Waals surface area contributed by atoms with Crippen molar-refractivity contribution in [3.63, 3.8) is 0 Å². The van der Waals surface area contributed by atoms with Crippen molar-refractivity contribution in [3.05, 3.63) is 28.8 Å². The van der Waals surface area contributed by atoms with Gasteiger partial charge in [0, 0.05) is 39.0 Å². The van der Waals surface area contributed by atoms with Gasteiger partial charge in [-0.15, -0.1) is 0 Å². The fourth-order valence-electron chi connectivity index (χ4n) is 2.10. The number of hydrogen-bond donors (Lipinski definition) is 1. The topological polar surface area (TPSA) is 41.6 Å². The molecule has 1 saturated heterocycles. The second kappa shape index (κ2) is 6.26. The first-order chi connectivity index (χ1) is 9.08. The van der Waals surface area contributed by atoms with Crippen molar-refractivity contribution in [2.24, 2.45) is 0 Å². The molecule has 1 aliphatic rings. The molecule has 19 heavy (non-hydrogen) atoms. The van der Waals surface area contributed by atoms with Gasteiger partial charge in [0.2, 0.25) is 0 Å². The van der Waals surface area contributed by atoms with Crippen LogP contribution >= 0.6 is 11.6 Å². The van der Waals surface area contributed by atoms with E-state index in [9.17, 15) is 4.79 Å². The Morgan fingerprint density at radius 3 is 2.68 bits per heavy atom. The molecule has 0 unspecified atom stereocenters. The van der Waals surface area contributed by atoms with E-state index in [1.54, 1.807) is 20.2 Å². The highest BCUT2D eigenvalue weighted by Gasteiger charge is 2.16. The third-order valence-corrected chi connectivity index (χ3v) is 3.52. The van der Waals surface area contributed by atoms with Gasteiger partial charge in [-0.3, -0.25) is 4.79 Å². The number of benzene rings is 1. The Morgan fingerprint density at radius 1 is 1.37 bits per heavy atom. The molecule has 1 aromatic rings. The van der Waals surface area contributed by atoms with Gasteiger partial charge in [-0.1, -0.05) is 11.6 Å². The Morgan fingerprint density at radius 2 is 2.05 bits per heavy atom. The van der Waals surface area contributed by atoms with E-state index >= 15 is 0 Å². The fourth-order valence-corrected chi connectivity index (χ4v) is 2.30. The van der Waals surface area contributed by atoms with Crippen molar-refractivity contribution >= 4 is 23.2 Å². The zero-order chi connectivity index (χ0) is 13.8. The predicted octanol–water partition coefficient (Wildman–Crippen LogP) is 2.63. The number of ether oxygens (including phenoxy) is 1. The molecule has 0 atom stereocenters. The quantitative estimate of drug-likeness (QED) is 0.927. The Labute approximate surface area is 118 Å². The van der Waals surface area contributed by atoms with E-state index < -0.39 is 0 Å². The van der Waals surface area contributed by atoms with Crippen LogP contribution in [-0.2, 0) is 4.74 Å². The first kappa shape index (κ1) is 14.2. The summed E-state index contributed by atoms with van der Waals surface area (Å²) in [4.78, 5) is 13.5. The lowest BCUT2D eigenvalue weighted by atomic mass is 10.1. The van der Waals surface area contributed by atoms with Gasteiger partial charge >= 0.3 is 0 Å². The number of nitrogens with one attached hydrogen (secondary N) is 1. The SMILES string of the molecule is CN(C)C(=O)c1cc(NC2CCOCC2)ccc1Cl. The zero-order valence-electron chi connectivity index (χ0n) is 11.3. The number of halogens is 1. The summed E-state index contributed by atoms with van der Waals surface area (Å²) in [6.07, 6.45) is 1.97. The summed E-state index contributed by atoms with van der Waals surface area (Å²) < 4.78 is 5.33. The smallest absolute Gasteiger partial charge is 0.254 e. The highest BCUT2D eigenvalue weighted by Crippen LogP contribution is 2.23. The standard InChI is InChI=1S/C14H19ClN2O2/c1-17(2)14(18)12-9-11(3-4-13(12)15)16-10-5-7-19-8-6-10/h3-4,9-10,16H,5-8H2,1-2H3. The molecular weight excluding hydrogens is 264 g/mol. The molecule has 1 amide bonds. The molecule has 1 aliphatic heterocycles. The summed E-state index contributed by atoms with van der Waals surface area (Å²) in [5, 5.41) is 3.92. The molecule has 0 aromatic heterocycles. The minimum Gasteiger partial charge on any atom is -0.382 e. The van der Waals surface area contributed by atoms with Crippen LogP contribution in [0.5, 0.6) is 0 Å². The summed E-state index contributed by atoms with van der Waals surface area (Å²) in [5.41, 5.74) is 1.46. The monoisotopic (exact) mass is 282 g/mol. The van der Waals surface area contributed by atoms with E-state index in [4.69, 9.17) is 16.3 Å². The van der Waals surface area contributed by atoms with Crippen molar-refractivity contribution in [3.8, 4) is 0 Å². The Balaban J connectivity index is 2.13. The van der Waals surface area contributed by atoms with Crippen molar-refractivity contribution in [1.82, 2.24) is 4.90 Å². The molecule has 1 fully saturated rings. The Hall–Kier alpha value is -1.26. The molecule has 5 heteroatoms. The third kappa shape index (κ3) is 3.61. The van der Waals surface area contributed by atoms with E-state index in [1.807, 2.05) is 12.1 Å². The van der Waals surface area contributed by atoms with Crippen LogP contribution in [-0.4, -0.2) is 44.2 Å². The normalized spacial score (nSPS) is 16.2. The lowest BCUT2D eigenvalue weighted by Crippen LogP contribution is -2.28. The summed E-state index contributed by atoms with van der Waals surface area (Å²) in [7, 11) is 3.44. The summed E-state index contributed by atoms with van der Waals surface area (Å²) in [5.74, 6) is -0.0828. The van der Waals surface area contributed by atoms with Crippen LogP contribution in [0.3, 0.4) is 0 Å². The number of amides is 1. The lowest BCUT2D eigenvalue weighted by molar-refractivity contribution is 0.0827. The number of hydrogen-bond acceptors (Lipinski definition) is 3. The van der Waals surface area contributed by atoms with Gasteiger partial charge in [0.05, 0.1) is 10.6 Å². The molecule has 0 aliphatic carbocycles. The molecule has 0 saturated carbocycles. The lowest BCUT2D eigenvalue weighted by Gasteiger charge is -2.24. The second-order valence-corrected chi connectivity index (χ2v) is 5.33. The zero-order valence-corrected chi connectivity index (χ0v) is 12.0. The van der Waals surface area contributed by atoms with E-state index in [0.717, 1.165) is 31.7 Å². The van der Waals surface area contributed by atoms with Gasteiger partial charge in [0.1, 0.15) is 0 Å². The second-order valence-electron chi connectivity index (χ2n) is 4.93. The molecule has 0 bridgehead atoms. The highest BCUT2D eigenvalue weighted by molar-refractivity contribution is 6.34. The van der Waals surface area contributed by atoms with Crippen LogP contribution < -0.4 is 5.32 Å². The van der Waals surface area contributed by atoms with Crippen molar-refractivity contribution in [2.75, 3.05) is 32.6 Å². The first-order valence-corrected chi connectivity index (χ1v) is 6.81. The molecule has 104 valence electrons. The molecule has 2 rings (SSSR count). The molecule has 4 nitrogen and oxygen atoms in total. The third-order valence-electron chi connectivity index (χ3n) is 3.20. The minimum absolute atomic E-state index is 0.0828. The fraction of sp³-hybridized carbons (Fsp3) is 0.500. The predicted molar refractivity (Wildman–Crippen MR) is 76.9 cm³/mol. The van der Waals surface area contributed by atoms with Crippen LogP contribution in [0.1, 0.15) is 23.2 Å². The van der Waals surface area contributed by atoms with E-state index in [0.29, 0.717) is 16.6 Å².